The molecule has 3 aromatic rings. The van der Waals surface area contributed by atoms with Gasteiger partial charge in [0.1, 0.15) is 12.2 Å². The summed E-state index contributed by atoms with van der Waals surface area (Å²) < 4.78 is 19.0. The molecule has 4 heteroatoms. The first-order valence-corrected chi connectivity index (χ1v) is 12.2. The van der Waals surface area contributed by atoms with Gasteiger partial charge in [0, 0.05) is 0 Å². The zero-order chi connectivity index (χ0) is 24.6. The zero-order valence-electron chi connectivity index (χ0n) is 20.4. The average Bonchev–Trinajstić information content (AvgIpc) is 2.92. The molecule has 184 valence electrons. The Hall–Kier alpha value is -3.02. The second kappa shape index (κ2) is 15.8. The first kappa shape index (κ1) is 26.6. The van der Waals surface area contributed by atoms with Gasteiger partial charge in [-0.2, -0.15) is 0 Å². The Balaban J connectivity index is 1.73. The van der Waals surface area contributed by atoms with Crippen molar-refractivity contribution in [3.05, 3.63) is 133 Å². The molecule has 0 heterocycles. The van der Waals surface area contributed by atoms with Gasteiger partial charge in [0.05, 0.1) is 32.5 Å². The second-order valence-electron chi connectivity index (χ2n) is 8.40. The molecule has 0 saturated carbocycles. The van der Waals surface area contributed by atoms with Crippen LogP contribution >= 0.6 is 0 Å². The predicted octanol–water partition coefficient (Wildman–Crippen LogP) is 6.09. The standard InChI is InChI=1S/C31H37NO3/c1-3-5-21-32-29(25-33-22-26-15-9-6-10-16-26)31(35-24-28-19-13-8-14-20-28)30(4-2)34-23-27-17-11-7-12-18-27/h3-4,6-20,29-32H,1-2,5,21-25H2/t29-,30+,31+/m0/s1. The Morgan fingerprint density at radius 2 is 1.20 bits per heavy atom. The highest BCUT2D eigenvalue weighted by Crippen LogP contribution is 2.17. The van der Waals surface area contributed by atoms with E-state index in [1.165, 1.54) is 0 Å². The summed E-state index contributed by atoms with van der Waals surface area (Å²) in [6.45, 7) is 10.7. The van der Waals surface area contributed by atoms with Gasteiger partial charge in [-0.15, -0.1) is 13.2 Å². The topological polar surface area (TPSA) is 39.7 Å². The summed E-state index contributed by atoms with van der Waals surface area (Å²) >= 11 is 0. The number of hydrogen-bond donors (Lipinski definition) is 1. The summed E-state index contributed by atoms with van der Waals surface area (Å²) in [5.41, 5.74) is 3.36. The quantitative estimate of drug-likeness (QED) is 0.191. The first-order chi connectivity index (χ1) is 17.3. The van der Waals surface area contributed by atoms with Gasteiger partial charge in [-0.3, -0.25) is 0 Å². The third-order valence-electron chi connectivity index (χ3n) is 5.69. The van der Waals surface area contributed by atoms with Gasteiger partial charge in [-0.05, 0) is 29.7 Å². The van der Waals surface area contributed by atoms with Gasteiger partial charge in [-0.1, -0.05) is 103 Å². The number of nitrogens with one attached hydrogen (secondary N) is 1. The molecule has 0 saturated heterocycles. The molecule has 35 heavy (non-hydrogen) atoms. The summed E-state index contributed by atoms with van der Waals surface area (Å²) in [4.78, 5) is 0. The van der Waals surface area contributed by atoms with Crippen LogP contribution in [0.5, 0.6) is 0 Å². The van der Waals surface area contributed by atoms with E-state index in [0.29, 0.717) is 26.4 Å². The number of rotatable bonds is 17. The van der Waals surface area contributed by atoms with Crippen molar-refractivity contribution in [1.82, 2.24) is 5.32 Å². The van der Waals surface area contributed by atoms with Crippen molar-refractivity contribution in [3.8, 4) is 0 Å². The van der Waals surface area contributed by atoms with Crippen LogP contribution in [0.1, 0.15) is 23.1 Å². The van der Waals surface area contributed by atoms with Gasteiger partial charge in [0.15, 0.2) is 0 Å². The van der Waals surface area contributed by atoms with Crippen molar-refractivity contribution in [1.29, 1.82) is 0 Å². The SMILES string of the molecule is C=CCCN[C@@H](COCc1ccccc1)[C@@H](OCc1ccccc1)[C@@H](C=C)OCc1ccccc1. The highest BCUT2D eigenvalue weighted by molar-refractivity contribution is 5.15. The van der Waals surface area contributed by atoms with Gasteiger partial charge in [-0.25, -0.2) is 0 Å². The normalized spacial score (nSPS) is 13.6. The van der Waals surface area contributed by atoms with E-state index in [0.717, 1.165) is 29.7 Å². The van der Waals surface area contributed by atoms with Gasteiger partial charge in [0.2, 0.25) is 0 Å². The van der Waals surface area contributed by atoms with Gasteiger partial charge in [0.25, 0.3) is 0 Å². The second-order valence-corrected chi connectivity index (χ2v) is 8.40. The summed E-state index contributed by atoms with van der Waals surface area (Å²) in [5, 5.41) is 3.61. The van der Waals surface area contributed by atoms with Crippen LogP contribution in [-0.2, 0) is 34.0 Å². The van der Waals surface area contributed by atoms with Crippen molar-refractivity contribution in [2.45, 2.75) is 44.5 Å². The van der Waals surface area contributed by atoms with E-state index < -0.39 is 0 Å². The fourth-order valence-corrected chi connectivity index (χ4v) is 3.79. The number of ether oxygens (including phenoxy) is 3. The molecule has 0 aliphatic carbocycles. The van der Waals surface area contributed by atoms with Crippen molar-refractivity contribution in [2.75, 3.05) is 13.2 Å². The van der Waals surface area contributed by atoms with E-state index in [1.54, 1.807) is 0 Å². The molecule has 3 atom stereocenters. The number of hydrogen-bond acceptors (Lipinski definition) is 4. The molecule has 0 fully saturated rings. The monoisotopic (exact) mass is 471 g/mol. The molecule has 3 aromatic carbocycles. The van der Waals surface area contributed by atoms with Crippen LogP contribution < -0.4 is 5.32 Å². The van der Waals surface area contributed by atoms with E-state index in [1.807, 2.05) is 66.7 Å². The summed E-state index contributed by atoms with van der Waals surface area (Å²) in [5.74, 6) is 0. The maximum Gasteiger partial charge on any atom is 0.105 e. The van der Waals surface area contributed by atoms with Crippen LogP contribution in [0.3, 0.4) is 0 Å². The molecular weight excluding hydrogens is 434 g/mol. The third kappa shape index (κ3) is 9.63. The number of benzene rings is 3. The van der Waals surface area contributed by atoms with E-state index in [9.17, 15) is 0 Å². The van der Waals surface area contributed by atoms with E-state index in [-0.39, 0.29) is 18.2 Å². The summed E-state index contributed by atoms with van der Waals surface area (Å²) in [6, 6.07) is 30.4. The molecule has 4 nitrogen and oxygen atoms in total. The molecule has 0 amide bonds. The molecule has 0 unspecified atom stereocenters. The Morgan fingerprint density at radius 1 is 0.686 bits per heavy atom. The molecular formula is C31H37NO3. The Kier molecular flexibility index (Phi) is 12.0. The van der Waals surface area contributed by atoms with Crippen LogP contribution in [0.15, 0.2) is 116 Å². The molecule has 0 radical (unpaired) electrons. The lowest BCUT2D eigenvalue weighted by Gasteiger charge is -2.33. The van der Waals surface area contributed by atoms with Crippen molar-refractivity contribution in [3.63, 3.8) is 0 Å². The lowest BCUT2D eigenvalue weighted by molar-refractivity contribution is -0.0923. The highest BCUT2D eigenvalue weighted by atomic mass is 16.5. The Morgan fingerprint density at radius 3 is 1.71 bits per heavy atom. The maximum absolute atomic E-state index is 6.50. The third-order valence-corrected chi connectivity index (χ3v) is 5.69. The first-order valence-electron chi connectivity index (χ1n) is 12.2. The Bertz CT molecular complexity index is 962. The lowest BCUT2D eigenvalue weighted by Crippen LogP contribution is -2.50. The molecule has 0 aliphatic rings. The molecule has 0 spiro atoms. The minimum atomic E-state index is -0.319. The van der Waals surface area contributed by atoms with Gasteiger partial charge < -0.3 is 19.5 Å². The average molecular weight is 472 g/mol. The van der Waals surface area contributed by atoms with Crippen LogP contribution in [-0.4, -0.2) is 31.4 Å². The predicted molar refractivity (Wildman–Crippen MR) is 143 cm³/mol. The van der Waals surface area contributed by atoms with Crippen molar-refractivity contribution < 1.29 is 14.2 Å². The van der Waals surface area contributed by atoms with Crippen LogP contribution in [0.2, 0.25) is 0 Å². The fraction of sp³-hybridized carbons (Fsp3) is 0.290. The molecule has 1 N–H and O–H groups in total. The molecule has 0 aliphatic heterocycles. The zero-order valence-corrected chi connectivity index (χ0v) is 20.4. The minimum Gasteiger partial charge on any atom is -0.375 e. The van der Waals surface area contributed by atoms with E-state index >= 15 is 0 Å². The van der Waals surface area contributed by atoms with Crippen molar-refractivity contribution in [2.24, 2.45) is 0 Å². The van der Waals surface area contributed by atoms with E-state index in [2.05, 4.69) is 54.9 Å². The maximum atomic E-state index is 6.50. The lowest BCUT2D eigenvalue weighted by atomic mass is 10.0. The molecule has 0 aromatic heterocycles. The van der Waals surface area contributed by atoms with Crippen LogP contribution in [0.25, 0.3) is 0 Å². The summed E-state index contributed by atoms with van der Waals surface area (Å²) in [6.07, 6.45) is 3.98. The smallest absolute Gasteiger partial charge is 0.105 e. The molecule has 3 rings (SSSR count). The fourth-order valence-electron chi connectivity index (χ4n) is 3.79. The highest BCUT2D eigenvalue weighted by Gasteiger charge is 2.30. The summed E-state index contributed by atoms with van der Waals surface area (Å²) in [7, 11) is 0. The minimum absolute atomic E-state index is 0.0962. The largest absolute Gasteiger partial charge is 0.375 e. The van der Waals surface area contributed by atoms with E-state index in [4.69, 9.17) is 14.2 Å². The Labute approximate surface area is 210 Å². The van der Waals surface area contributed by atoms with Crippen molar-refractivity contribution >= 4 is 0 Å². The van der Waals surface area contributed by atoms with Crippen LogP contribution in [0.4, 0.5) is 0 Å². The van der Waals surface area contributed by atoms with Gasteiger partial charge >= 0.3 is 0 Å². The van der Waals surface area contributed by atoms with Crippen LogP contribution in [0, 0.1) is 0 Å². The molecule has 0 bridgehead atoms.